The van der Waals surface area contributed by atoms with Crippen LogP contribution in [0.5, 0.6) is 0 Å². The summed E-state index contributed by atoms with van der Waals surface area (Å²) in [5.74, 6) is 3.22. The van der Waals surface area contributed by atoms with E-state index in [1.165, 1.54) is 0 Å². The summed E-state index contributed by atoms with van der Waals surface area (Å²) in [6.45, 7) is 5.66. The molecular weight excluding hydrogens is 406 g/mol. The highest BCUT2D eigenvalue weighted by Gasteiger charge is 2.36. The number of thioether (sulfide) groups is 1. The lowest BCUT2D eigenvalue weighted by Crippen LogP contribution is -2.51. The van der Waals surface area contributed by atoms with Crippen molar-refractivity contribution in [3.05, 3.63) is 35.5 Å². The third kappa shape index (κ3) is 3.81. The molecule has 0 saturated carbocycles. The number of halogens is 1. The van der Waals surface area contributed by atoms with E-state index in [9.17, 15) is 4.79 Å². The molecule has 6 nitrogen and oxygen atoms in total. The number of fused-ring (bicyclic) bond motifs is 1. The van der Waals surface area contributed by atoms with Gasteiger partial charge in [0.15, 0.2) is 0 Å². The van der Waals surface area contributed by atoms with Gasteiger partial charge in [-0.05, 0) is 6.42 Å². The second kappa shape index (κ2) is 8.30. The molecule has 0 bridgehead atoms. The second-order valence-electron chi connectivity index (χ2n) is 7.99. The fourth-order valence-electron chi connectivity index (χ4n) is 4.69. The second-order valence-corrected chi connectivity index (χ2v) is 9.47. The van der Waals surface area contributed by atoms with E-state index < -0.39 is 0 Å². The Morgan fingerprint density at radius 1 is 1.14 bits per heavy atom. The van der Waals surface area contributed by atoms with E-state index in [4.69, 9.17) is 11.6 Å². The number of carbonyl (C=O) groups excluding carboxylic acids is 1. The van der Waals surface area contributed by atoms with E-state index in [1.807, 2.05) is 28.8 Å². The number of carbonyl (C=O) groups is 1. The van der Waals surface area contributed by atoms with Crippen molar-refractivity contribution in [2.75, 3.05) is 55.8 Å². The highest BCUT2D eigenvalue weighted by atomic mass is 35.5. The molecule has 2 aromatic rings. The van der Waals surface area contributed by atoms with Gasteiger partial charge in [-0.2, -0.15) is 0 Å². The van der Waals surface area contributed by atoms with Crippen molar-refractivity contribution in [1.29, 1.82) is 0 Å². The number of nitrogens with zero attached hydrogens (tertiary/aromatic N) is 4. The monoisotopic (exact) mass is 431 g/mol. The summed E-state index contributed by atoms with van der Waals surface area (Å²) in [4.78, 5) is 24.2. The fraction of sp³-hybridized carbons (Fsp3) is 0.524. The first-order valence-corrected chi connectivity index (χ1v) is 11.9. The SMILES string of the molecule is O=C([C@@H]1C[C@H](N2CCN(c3ncc(Cl)c4ccccc34)CC2)CN1)N1CCSC1. The van der Waals surface area contributed by atoms with Crippen molar-refractivity contribution in [3.8, 4) is 0 Å². The van der Waals surface area contributed by atoms with Crippen LogP contribution >= 0.6 is 23.4 Å². The van der Waals surface area contributed by atoms with E-state index >= 15 is 0 Å². The number of rotatable bonds is 3. The van der Waals surface area contributed by atoms with Gasteiger partial charge in [0.05, 0.1) is 16.9 Å². The van der Waals surface area contributed by atoms with Crippen molar-refractivity contribution >= 4 is 45.9 Å². The van der Waals surface area contributed by atoms with E-state index in [-0.39, 0.29) is 11.9 Å². The zero-order valence-corrected chi connectivity index (χ0v) is 18.0. The Bertz CT molecular complexity index is 898. The zero-order chi connectivity index (χ0) is 19.8. The van der Waals surface area contributed by atoms with Crippen LogP contribution in [0, 0.1) is 0 Å². The lowest BCUT2D eigenvalue weighted by Gasteiger charge is -2.38. The molecule has 1 N–H and O–H groups in total. The number of piperazine rings is 1. The van der Waals surface area contributed by atoms with Crippen LogP contribution in [0.25, 0.3) is 10.8 Å². The molecule has 29 heavy (non-hydrogen) atoms. The van der Waals surface area contributed by atoms with Crippen LogP contribution in [0.15, 0.2) is 30.5 Å². The minimum atomic E-state index is -0.0152. The van der Waals surface area contributed by atoms with Gasteiger partial charge < -0.3 is 15.1 Å². The van der Waals surface area contributed by atoms with Crippen LogP contribution in [0.4, 0.5) is 5.82 Å². The highest BCUT2D eigenvalue weighted by Crippen LogP contribution is 2.30. The molecule has 0 unspecified atom stereocenters. The van der Waals surface area contributed by atoms with Crippen LogP contribution in [0.3, 0.4) is 0 Å². The third-order valence-electron chi connectivity index (χ3n) is 6.33. The van der Waals surface area contributed by atoms with Gasteiger partial charge in [0.1, 0.15) is 5.82 Å². The summed E-state index contributed by atoms with van der Waals surface area (Å²) in [7, 11) is 0. The summed E-state index contributed by atoms with van der Waals surface area (Å²) in [5.41, 5.74) is 0. The van der Waals surface area contributed by atoms with Gasteiger partial charge in [-0.3, -0.25) is 9.69 Å². The van der Waals surface area contributed by atoms with Crippen LogP contribution in [-0.4, -0.2) is 83.7 Å². The zero-order valence-electron chi connectivity index (χ0n) is 16.4. The van der Waals surface area contributed by atoms with Gasteiger partial charge >= 0.3 is 0 Å². The minimum absolute atomic E-state index is 0.0152. The smallest absolute Gasteiger partial charge is 0.240 e. The summed E-state index contributed by atoms with van der Waals surface area (Å²) >= 11 is 8.18. The van der Waals surface area contributed by atoms with Gasteiger partial charge in [0.25, 0.3) is 0 Å². The molecule has 0 spiro atoms. The summed E-state index contributed by atoms with van der Waals surface area (Å²) in [6.07, 6.45) is 2.68. The molecule has 1 aromatic heterocycles. The molecule has 5 rings (SSSR count). The van der Waals surface area contributed by atoms with E-state index in [1.54, 1.807) is 6.20 Å². The fourth-order valence-corrected chi connectivity index (χ4v) is 5.85. The van der Waals surface area contributed by atoms with Crippen LogP contribution in [-0.2, 0) is 4.79 Å². The van der Waals surface area contributed by atoms with E-state index in [2.05, 4.69) is 32.2 Å². The molecule has 0 aliphatic carbocycles. The standard InChI is InChI=1S/C21H26ClN5OS/c22-18-13-24-20(17-4-2-1-3-16(17)18)26-7-5-25(6-8-26)15-11-19(23-12-15)21(28)27-9-10-29-14-27/h1-4,13,15,19,23H,5-12,14H2/t15-,19-/m0/s1. The predicted molar refractivity (Wildman–Crippen MR) is 120 cm³/mol. The van der Waals surface area contributed by atoms with Crippen LogP contribution in [0.2, 0.25) is 5.02 Å². The Morgan fingerprint density at radius 2 is 1.93 bits per heavy atom. The number of benzene rings is 1. The molecule has 2 atom stereocenters. The average Bonchev–Trinajstić information content (AvgIpc) is 3.47. The predicted octanol–water partition coefficient (Wildman–Crippen LogP) is 2.27. The Labute approximate surface area is 180 Å². The molecule has 0 radical (unpaired) electrons. The molecule has 1 amide bonds. The number of pyridine rings is 1. The van der Waals surface area contributed by atoms with Crippen molar-refractivity contribution < 1.29 is 4.79 Å². The molecule has 3 fully saturated rings. The Morgan fingerprint density at radius 3 is 2.69 bits per heavy atom. The molecule has 3 aliphatic heterocycles. The van der Waals surface area contributed by atoms with Gasteiger partial charge in [-0.15, -0.1) is 11.8 Å². The maximum atomic E-state index is 12.7. The summed E-state index contributed by atoms with van der Waals surface area (Å²) in [5, 5.41) is 6.35. The molecule has 8 heteroatoms. The Kier molecular flexibility index (Phi) is 5.56. The lowest BCUT2D eigenvalue weighted by atomic mass is 10.1. The van der Waals surface area contributed by atoms with Gasteiger partial charge in [-0.1, -0.05) is 35.9 Å². The topological polar surface area (TPSA) is 51.7 Å². The molecule has 3 saturated heterocycles. The number of anilines is 1. The number of nitrogens with one attached hydrogen (secondary N) is 1. The van der Waals surface area contributed by atoms with Crippen molar-refractivity contribution in [3.63, 3.8) is 0 Å². The molecular formula is C21H26ClN5OS. The quantitative estimate of drug-likeness (QED) is 0.804. The molecule has 154 valence electrons. The maximum absolute atomic E-state index is 12.7. The van der Waals surface area contributed by atoms with E-state index in [0.717, 1.165) is 73.9 Å². The van der Waals surface area contributed by atoms with Crippen molar-refractivity contribution in [1.82, 2.24) is 20.1 Å². The van der Waals surface area contributed by atoms with Gasteiger partial charge in [-0.25, -0.2) is 4.98 Å². The average molecular weight is 432 g/mol. The number of hydrogen-bond donors (Lipinski definition) is 1. The Balaban J connectivity index is 1.21. The largest absolute Gasteiger partial charge is 0.354 e. The van der Waals surface area contributed by atoms with E-state index in [0.29, 0.717) is 11.1 Å². The highest BCUT2D eigenvalue weighted by molar-refractivity contribution is 7.99. The normalized spacial score (nSPS) is 25.8. The Hall–Kier alpha value is -1.54. The molecule has 1 aromatic carbocycles. The first-order chi connectivity index (χ1) is 14.2. The molecule has 4 heterocycles. The number of aromatic nitrogens is 1. The first kappa shape index (κ1) is 19.4. The minimum Gasteiger partial charge on any atom is -0.354 e. The number of hydrogen-bond acceptors (Lipinski definition) is 6. The van der Waals surface area contributed by atoms with Gasteiger partial charge in [0, 0.05) is 68.0 Å². The van der Waals surface area contributed by atoms with Crippen molar-refractivity contribution in [2.24, 2.45) is 0 Å². The molecule has 3 aliphatic rings. The van der Waals surface area contributed by atoms with Crippen molar-refractivity contribution in [2.45, 2.75) is 18.5 Å². The first-order valence-electron chi connectivity index (χ1n) is 10.3. The van der Waals surface area contributed by atoms with Crippen LogP contribution in [0.1, 0.15) is 6.42 Å². The van der Waals surface area contributed by atoms with Crippen LogP contribution < -0.4 is 10.2 Å². The lowest BCUT2D eigenvalue weighted by molar-refractivity contribution is -0.131. The third-order valence-corrected chi connectivity index (χ3v) is 7.59. The number of amides is 1. The van der Waals surface area contributed by atoms with Gasteiger partial charge in [0.2, 0.25) is 5.91 Å². The maximum Gasteiger partial charge on any atom is 0.240 e. The summed E-state index contributed by atoms with van der Waals surface area (Å²) < 4.78 is 0. The summed E-state index contributed by atoms with van der Waals surface area (Å²) in [6, 6.07) is 8.64.